The van der Waals surface area contributed by atoms with Crippen molar-refractivity contribution in [1.82, 2.24) is 15.6 Å². The van der Waals surface area contributed by atoms with Gasteiger partial charge in [0.2, 0.25) is 5.91 Å². The average molecular weight is 347 g/mol. The molecule has 2 amide bonds. The molecule has 0 aliphatic heterocycles. The molecule has 0 radical (unpaired) electrons. The van der Waals surface area contributed by atoms with Crippen molar-refractivity contribution in [2.45, 2.75) is 71.1 Å². The van der Waals surface area contributed by atoms with Crippen LogP contribution in [0.5, 0.6) is 0 Å². The molecule has 1 aromatic rings. The van der Waals surface area contributed by atoms with Crippen molar-refractivity contribution < 1.29 is 14.3 Å². The number of ether oxygens (including phenoxy) is 1. The van der Waals surface area contributed by atoms with Crippen LogP contribution in [-0.2, 0) is 16.1 Å². The zero-order valence-corrected chi connectivity index (χ0v) is 15.4. The van der Waals surface area contributed by atoms with Gasteiger partial charge in [-0.2, -0.15) is 0 Å². The molecule has 6 heteroatoms. The van der Waals surface area contributed by atoms with E-state index in [2.05, 4.69) is 15.6 Å². The predicted octanol–water partition coefficient (Wildman–Crippen LogP) is 3.17. The van der Waals surface area contributed by atoms with Gasteiger partial charge < -0.3 is 15.4 Å². The Bertz CT molecular complexity index is 569. The van der Waals surface area contributed by atoms with E-state index >= 15 is 0 Å². The first-order valence-electron chi connectivity index (χ1n) is 9.02. The van der Waals surface area contributed by atoms with E-state index < -0.39 is 11.7 Å². The summed E-state index contributed by atoms with van der Waals surface area (Å²) in [6.45, 7) is 5.89. The number of aromatic nitrogens is 1. The van der Waals surface area contributed by atoms with Gasteiger partial charge in [-0.1, -0.05) is 25.3 Å². The molecule has 1 aliphatic carbocycles. The summed E-state index contributed by atoms with van der Waals surface area (Å²) < 4.78 is 5.35. The lowest BCUT2D eigenvalue weighted by molar-refractivity contribution is -0.126. The summed E-state index contributed by atoms with van der Waals surface area (Å²) in [7, 11) is 0. The third-order valence-electron chi connectivity index (χ3n) is 4.22. The second kappa shape index (κ2) is 8.83. The van der Waals surface area contributed by atoms with Crippen molar-refractivity contribution in [2.24, 2.45) is 5.92 Å². The van der Waals surface area contributed by atoms with Gasteiger partial charge in [0.15, 0.2) is 0 Å². The predicted molar refractivity (Wildman–Crippen MR) is 95.8 cm³/mol. The number of nitrogens with zero attached hydrogens (tertiary/aromatic N) is 1. The Morgan fingerprint density at radius 2 is 1.96 bits per heavy atom. The summed E-state index contributed by atoms with van der Waals surface area (Å²) >= 11 is 0. The van der Waals surface area contributed by atoms with Gasteiger partial charge in [-0.25, -0.2) is 4.79 Å². The van der Waals surface area contributed by atoms with Crippen LogP contribution in [0.1, 0.15) is 58.6 Å². The van der Waals surface area contributed by atoms with Gasteiger partial charge in [0.1, 0.15) is 5.60 Å². The van der Waals surface area contributed by atoms with Crippen LogP contribution in [0.25, 0.3) is 0 Å². The Morgan fingerprint density at radius 3 is 2.64 bits per heavy atom. The molecule has 6 nitrogen and oxygen atoms in total. The molecule has 0 spiro atoms. The Balaban J connectivity index is 1.96. The van der Waals surface area contributed by atoms with Crippen molar-refractivity contribution in [2.75, 3.05) is 0 Å². The minimum atomic E-state index is -0.550. The number of amides is 2. The van der Waals surface area contributed by atoms with Crippen LogP contribution in [-0.4, -0.2) is 28.6 Å². The highest BCUT2D eigenvalue weighted by Gasteiger charge is 2.31. The van der Waals surface area contributed by atoms with Crippen molar-refractivity contribution >= 4 is 12.0 Å². The van der Waals surface area contributed by atoms with Gasteiger partial charge >= 0.3 is 6.09 Å². The monoisotopic (exact) mass is 347 g/mol. The van der Waals surface area contributed by atoms with E-state index in [1.165, 1.54) is 0 Å². The fourth-order valence-electron chi connectivity index (χ4n) is 3.06. The quantitative estimate of drug-likeness (QED) is 0.820. The first-order chi connectivity index (χ1) is 11.8. The zero-order valence-electron chi connectivity index (χ0n) is 15.4. The lowest BCUT2D eigenvalue weighted by atomic mass is 9.94. The Morgan fingerprint density at radius 1 is 1.20 bits per heavy atom. The molecule has 0 unspecified atom stereocenters. The van der Waals surface area contributed by atoms with E-state index in [4.69, 9.17) is 4.74 Å². The van der Waals surface area contributed by atoms with Crippen LogP contribution >= 0.6 is 0 Å². The number of alkyl carbamates (subject to hydrolysis) is 1. The molecule has 138 valence electrons. The highest BCUT2D eigenvalue weighted by Crippen LogP contribution is 2.24. The summed E-state index contributed by atoms with van der Waals surface area (Å²) in [5, 5.41) is 5.86. The van der Waals surface area contributed by atoms with E-state index in [0.29, 0.717) is 6.54 Å². The number of hydrogen-bond donors (Lipinski definition) is 2. The maximum atomic E-state index is 12.7. The molecule has 0 saturated heterocycles. The summed E-state index contributed by atoms with van der Waals surface area (Å²) in [4.78, 5) is 29.0. The molecular weight excluding hydrogens is 318 g/mol. The minimum Gasteiger partial charge on any atom is -0.444 e. The lowest BCUT2D eigenvalue weighted by Crippen LogP contribution is -2.47. The molecule has 1 fully saturated rings. The lowest BCUT2D eigenvalue weighted by Gasteiger charge is -2.27. The zero-order chi connectivity index (χ0) is 18.3. The standard InChI is InChI=1S/C19H29N3O3/c1-19(2,3)25-18(24)22-16-11-6-4-5-10-15(16)17(23)21-13-14-9-7-8-12-20-14/h7-9,12,15-16H,4-6,10-11,13H2,1-3H3,(H,21,23)(H,22,24)/t15-,16+/m1/s1. The van der Waals surface area contributed by atoms with Gasteiger partial charge in [0.05, 0.1) is 18.2 Å². The maximum Gasteiger partial charge on any atom is 0.407 e. The fraction of sp³-hybridized carbons (Fsp3) is 0.632. The number of rotatable bonds is 4. The third-order valence-corrected chi connectivity index (χ3v) is 4.22. The molecule has 0 aromatic carbocycles. The topological polar surface area (TPSA) is 80.3 Å². The molecule has 0 bridgehead atoms. The van der Waals surface area contributed by atoms with Crippen molar-refractivity contribution in [3.63, 3.8) is 0 Å². The normalized spacial score (nSPS) is 21.1. The SMILES string of the molecule is CC(C)(C)OC(=O)N[C@H]1CCCCC[C@H]1C(=O)NCc1ccccn1. The van der Waals surface area contributed by atoms with Crippen LogP contribution in [0.2, 0.25) is 0 Å². The van der Waals surface area contributed by atoms with Crippen LogP contribution in [0.4, 0.5) is 4.79 Å². The highest BCUT2D eigenvalue weighted by atomic mass is 16.6. The number of carbonyl (C=O) groups is 2. The first-order valence-corrected chi connectivity index (χ1v) is 9.02. The number of hydrogen-bond acceptors (Lipinski definition) is 4. The number of nitrogens with one attached hydrogen (secondary N) is 2. The van der Waals surface area contributed by atoms with Crippen molar-refractivity contribution in [1.29, 1.82) is 0 Å². The van der Waals surface area contributed by atoms with E-state index in [-0.39, 0.29) is 17.9 Å². The van der Waals surface area contributed by atoms with Gasteiger partial charge in [0.25, 0.3) is 0 Å². The first kappa shape index (κ1) is 19.2. The van der Waals surface area contributed by atoms with Gasteiger partial charge in [-0.3, -0.25) is 9.78 Å². The maximum absolute atomic E-state index is 12.7. The van der Waals surface area contributed by atoms with Gasteiger partial charge in [-0.15, -0.1) is 0 Å². The van der Waals surface area contributed by atoms with E-state index in [9.17, 15) is 9.59 Å². The van der Waals surface area contributed by atoms with Crippen LogP contribution in [0.15, 0.2) is 24.4 Å². The third kappa shape index (κ3) is 6.72. The second-order valence-corrected chi connectivity index (χ2v) is 7.54. The number of carbonyl (C=O) groups excluding carboxylic acids is 2. The van der Waals surface area contributed by atoms with Crippen molar-refractivity contribution in [3.05, 3.63) is 30.1 Å². The Labute approximate surface area is 149 Å². The molecule has 25 heavy (non-hydrogen) atoms. The second-order valence-electron chi connectivity index (χ2n) is 7.54. The summed E-state index contributed by atoms with van der Waals surface area (Å²) in [6.07, 6.45) is 5.90. The van der Waals surface area contributed by atoms with Crippen LogP contribution < -0.4 is 10.6 Å². The van der Waals surface area contributed by atoms with E-state index in [0.717, 1.165) is 37.8 Å². The summed E-state index contributed by atoms with van der Waals surface area (Å²) in [5.41, 5.74) is 0.270. The van der Waals surface area contributed by atoms with Crippen LogP contribution in [0.3, 0.4) is 0 Å². The molecular formula is C19H29N3O3. The Hall–Kier alpha value is -2.11. The highest BCUT2D eigenvalue weighted by molar-refractivity contribution is 5.80. The molecule has 2 N–H and O–H groups in total. The molecule has 1 saturated carbocycles. The Kier molecular flexibility index (Phi) is 6.79. The average Bonchev–Trinajstić information content (AvgIpc) is 2.77. The van der Waals surface area contributed by atoms with Gasteiger partial charge in [0, 0.05) is 12.2 Å². The largest absolute Gasteiger partial charge is 0.444 e. The van der Waals surface area contributed by atoms with Crippen LogP contribution in [0, 0.1) is 5.92 Å². The summed E-state index contributed by atoms with van der Waals surface area (Å²) in [6, 6.07) is 5.43. The van der Waals surface area contributed by atoms with E-state index in [1.54, 1.807) is 6.20 Å². The smallest absolute Gasteiger partial charge is 0.407 e. The van der Waals surface area contributed by atoms with Gasteiger partial charge in [-0.05, 0) is 45.7 Å². The van der Waals surface area contributed by atoms with Crippen molar-refractivity contribution in [3.8, 4) is 0 Å². The fourth-order valence-corrected chi connectivity index (χ4v) is 3.06. The van der Waals surface area contributed by atoms with E-state index in [1.807, 2.05) is 39.0 Å². The molecule has 1 heterocycles. The minimum absolute atomic E-state index is 0.0337. The number of pyridine rings is 1. The molecule has 1 aromatic heterocycles. The molecule has 2 rings (SSSR count). The molecule has 1 aliphatic rings. The summed E-state index contributed by atoms with van der Waals surface area (Å²) in [5.74, 6) is -0.271. The molecule has 2 atom stereocenters.